The largest absolute Gasteiger partial charge is 1.00 e. The fraction of sp³-hybridized carbons (Fsp3) is 0.824. The molecule has 0 rings (SSSR count). The molecular formula is C34H60K2N2O10. The Hall–Kier alpha value is 0.413. The van der Waals surface area contributed by atoms with Crippen LogP contribution in [0.25, 0.3) is 0 Å². The van der Waals surface area contributed by atoms with Crippen molar-refractivity contribution in [1.29, 1.82) is 0 Å². The molecule has 0 radical (unpaired) electrons. The normalized spacial score (nSPS) is 11.4. The molecule has 0 fully saturated rings. The standard InChI is InChI=1S/2C17H31NO5.2K/c2*1-2-3-4-5-6-7-8-9-10-11-16(21)23-17(22)14(18)12-13-15(19)20;;/h2*14H,2-13,18H2,1H3,(H,19,20);;/q;;2*+1/p-2/t2*14-;;/m00../s1. The molecule has 0 amide bonds. The van der Waals surface area contributed by atoms with E-state index in [-0.39, 0.29) is 141 Å². The SMILES string of the molecule is CCCCCCCCCCCC(=O)OC(=O)[C@@H](N)CCC(=O)[O-].CCCCCCCCCCCC(=O)OC(=O)[C@@H](N)CCC(=O)[O-].[K+].[K+]. The Balaban J connectivity index is -0.000000387. The number of hydrogen-bond acceptors (Lipinski definition) is 12. The van der Waals surface area contributed by atoms with Crippen molar-refractivity contribution in [3.63, 3.8) is 0 Å². The minimum absolute atomic E-state index is 0. The first-order chi connectivity index (χ1) is 21.9. The van der Waals surface area contributed by atoms with Crippen LogP contribution in [0.15, 0.2) is 0 Å². The van der Waals surface area contributed by atoms with Crippen LogP contribution in [0, 0.1) is 0 Å². The first-order valence-corrected chi connectivity index (χ1v) is 17.3. The fourth-order valence-corrected chi connectivity index (χ4v) is 4.42. The number of unbranched alkanes of at least 4 members (excludes halogenated alkanes) is 16. The number of nitrogens with two attached hydrogens (primary N) is 2. The van der Waals surface area contributed by atoms with E-state index in [1.54, 1.807) is 0 Å². The van der Waals surface area contributed by atoms with Gasteiger partial charge in [0.1, 0.15) is 12.1 Å². The number of carbonyl (C=O) groups is 6. The summed E-state index contributed by atoms with van der Waals surface area (Å²) in [5.74, 6) is -5.49. The van der Waals surface area contributed by atoms with Gasteiger partial charge in [-0.05, 0) is 38.5 Å². The number of carboxylic acid groups (broad SMARTS) is 2. The number of hydrogen-bond donors (Lipinski definition) is 2. The van der Waals surface area contributed by atoms with Gasteiger partial charge in [-0.15, -0.1) is 0 Å². The summed E-state index contributed by atoms with van der Waals surface area (Å²) < 4.78 is 9.20. The monoisotopic (exact) mass is 734 g/mol. The maximum Gasteiger partial charge on any atom is 1.00 e. The molecule has 0 aliphatic heterocycles. The molecular weight excluding hydrogens is 675 g/mol. The Morgan fingerprint density at radius 1 is 0.458 bits per heavy atom. The third-order valence-electron chi connectivity index (χ3n) is 7.32. The van der Waals surface area contributed by atoms with E-state index in [4.69, 9.17) is 11.5 Å². The third kappa shape index (κ3) is 40.8. The molecule has 0 spiro atoms. The van der Waals surface area contributed by atoms with Gasteiger partial charge in [-0.2, -0.15) is 0 Å². The van der Waals surface area contributed by atoms with Crippen LogP contribution < -0.4 is 124 Å². The quantitative estimate of drug-likeness (QED) is 0.0375. The second-order valence-electron chi connectivity index (χ2n) is 11.8. The number of carboxylic acids is 2. The molecule has 4 N–H and O–H groups in total. The van der Waals surface area contributed by atoms with Gasteiger partial charge in [-0.1, -0.05) is 117 Å². The number of aliphatic carboxylic acids is 2. The fourth-order valence-electron chi connectivity index (χ4n) is 4.42. The molecule has 48 heavy (non-hydrogen) atoms. The summed E-state index contributed by atoms with van der Waals surface area (Å²) in [6.07, 6.45) is 20.0. The van der Waals surface area contributed by atoms with Crippen LogP contribution in [-0.4, -0.2) is 47.9 Å². The number of carbonyl (C=O) groups excluding carboxylic acids is 6. The van der Waals surface area contributed by atoms with Gasteiger partial charge in [-0.25, -0.2) is 9.59 Å². The molecule has 0 aromatic heterocycles. The molecule has 0 aromatic carbocycles. The molecule has 0 heterocycles. The van der Waals surface area contributed by atoms with Crippen LogP contribution in [0.1, 0.15) is 168 Å². The molecule has 268 valence electrons. The predicted molar refractivity (Wildman–Crippen MR) is 170 cm³/mol. The van der Waals surface area contributed by atoms with Crippen LogP contribution in [0.4, 0.5) is 0 Å². The number of esters is 4. The van der Waals surface area contributed by atoms with Gasteiger partial charge in [0.25, 0.3) is 0 Å². The van der Waals surface area contributed by atoms with Crippen molar-refractivity contribution in [1.82, 2.24) is 0 Å². The minimum atomic E-state index is -1.28. The van der Waals surface area contributed by atoms with E-state index < -0.39 is 47.9 Å². The van der Waals surface area contributed by atoms with Crippen LogP contribution in [-0.2, 0) is 38.2 Å². The maximum absolute atomic E-state index is 11.5. The first kappa shape index (κ1) is 55.2. The summed E-state index contributed by atoms with van der Waals surface area (Å²) in [4.78, 5) is 66.4. The minimum Gasteiger partial charge on any atom is -0.550 e. The average molecular weight is 735 g/mol. The van der Waals surface area contributed by atoms with Crippen molar-refractivity contribution in [2.75, 3.05) is 0 Å². The predicted octanol–water partition coefficient (Wildman–Crippen LogP) is -2.32. The second kappa shape index (κ2) is 40.2. The second-order valence-corrected chi connectivity index (χ2v) is 11.8. The Labute approximate surface area is 373 Å². The van der Waals surface area contributed by atoms with Gasteiger partial charge in [0.15, 0.2) is 0 Å². The molecule has 0 aromatic rings. The Bertz CT molecular complexity index is 794. The van der Waals surface area contributed by atoms with Crippen LogP contribution in [0.3, 0.4) is 0 Å². The topological polar surface area (TPSA) is 219 Å². The molecule has 0 bridgehead atoms. The van der Waals surface area contributed by atoms with Crippen molar-refractivity contribution < 1.29 is 151 Å². The van der Waals surface area contributed by atoms with Gasteiger partial charge >= 0.3 is 127 Å². The summed E-state index contributed by atoms with van der Waals surface area (Å²) in [5, 5.41) is 20.5. The van der Waals surface area contributed by atoms with Crippen molar-refractivity contribution >= 4 is 35.8 Å². The average Bonchev–Trinajstić information content (AvgIpc) is 3.00. The molecule has 0 aliphatic carbocycles. The van der Waals surface area contributed by atoms with E-state index >= 15 is 0 Å². The van der Waals surface area contributed by atoms with Gasteiger partial charge in [0.05, 0.1) is 0 Å². The summed E-state index contributed by atoms with van der Waals surface area (Å²) in [6.45, 7) is 4.39. The van der Waals surface area contributed by atoms with E-state index in [9.17, 15) is 39.0 Å². The number of rotatable bonds is 28. The van der Waals surface area contributed by atoms with Crippen molar-refractivity contribution in [3.05, 3.63) is 0 Å². The smallest absolute Gasteiger partial charge is 0.550 e. The van der Waals surface area contributed by atoms with E-state index in [1.807, 2.05) is 0 Å². The molecule has 2 atom stereocenters. The Kier molecular flexibility index (Phi) is 46.2. The van der Waals surface area contributed by atoms with Crippen molar-refractivity contribution in [2.45, 2.75) is 180 Å². The van der Waals surface area contributed by atoms with Crippen LogP contribution in [0.2, 0.25) is 0 Å². The van der Waals surface area contributed by atoms with E-state index in [1.165, 1.54) is 77.0 Å². The zero-order valence-corrected chi connectivity index (χ0v) is 36.6. The molecule has 12 nitrogen and oxygen atoms in total. The maximum atomic E-state index is 11.5. The zero-order valence-electron chi connectivity index (χ0n) is 30.4. The zero-order chi connectivity index (χ0) is 35.0. The summed E-state index contributed by atoms with van der Waals surface area (Å²) >= 11 is 0. The van der Waals surface area contributed by atoms with Crippen LogP contribution in [0.5, 0.6) is 0 Å². The molecule has 0 saturated heterocycles. The first-order valence-electron chi connectivity index (χ1n) is 17.3. The molecule has 0 saturated carbocycles. The Morgan fingerprint density at radius 2 is 0.708 bits per heavy atom. The van der Waals surface area contributed by atoms with E-state index in [0.717, 1.165) is 25.7 Å². The van der Waals surface area contributed by atoms with E-state index in [2.05, 4.69) is 23.3 Å². The number of ether oxygens (including phenoxy) is 2. The van der Waals surface area contributed by atoms with E-state index in [0.29, 0.717) is 12.8 Å². The summed E-state index contributed by atoms with van der Waals surface area (Å²) in [6, 6.07) is -2.19. The molecule has 0 unspecified atom stereocenters. The van der Waals surface area contributed by atoms with Gasteiger partial charge < -0.3 is 40.7 Å². The van der Waals surface area contributed by atoms with Gasteiger partial charge in [0.2, 0.25) is 0 Å². The summed E-state index contributed by atoms with van der Waals surface area (Å²) in [5.41, 5.74) is 10.9. The van der Waals surface area contributed by atoms with Gasteiger partial charge in [0, 0.05) is 24.8 Å². The van der Waals surface area contributed by atoms with Crippen molar-refractivity contribution in [3.8, 4) is 0 Å². The Morgan fingerprint density at radius 3 is 0.958 bits per heavy atom. The third-order valence-corrected chi connectivity index (χ3v) is 7.32. The van der Waals surface area contributed by atoms with Crippen molar-refractivity contribution in [2.24, 2.45) is 11.5 Å². The summed E-state index contributed by atoms with van der Waals surface area (Å²) in [7, 11) is 0. The van der Waals surface area contributed by atoms with Gasteiger partial charge in [-0.3, -0.25) is 9.59 Å². The van der Waals surface area contributed by atoms with Crippen LogP contribution >= 0.6 is 0 Å². The molecule has 0 aliphatic rings. The molecule has 14 heteroatoms.